The van der Waals surface area contributed by atoms with E-state index in [9.17, 15) is 4.79 Å². The fraction of sp³-hybridized carbons (Fsp3) is 0.429. The van der Waals surface area contributed by atoms with Crippen LogP contribution >= 0.6 is 0 Å². The van der Waals surface area contributed by atoms with Gasteiger partial charge in [0, 0.05) is 0 Å². The van der Waals surface area contributed by atoms with Crippen LogP contribution in [0.4, 0.5) is 0 Å². The number of rotatable bonds is 6. The van der Waals surface area contributed by atoms with E-state index < -0.39 is 0 Å². The standard InChI is InChI=1S/C14H21N5O/c1-10-5-4-6-11(9-10)19-13(17-18-14(19)20)12(16)7-2-3-8-15/h4-6,9,12H,2-3,7-8,15-16H2,1H3,(H,18,20). The van der Waals surface area contributed by atoms with Gasteiger partial charge in [0.05, 0.1) is 11.7 Å². The molecule has 0 spiro atoms. The molecule has 0 aliphatic carbocycles. The predicted molar refractivity (Wildman–Crippen MR) is 78.8 cm³/mol. The van der Waals surface area contributed by atoms with E-state index in [1.165, 1.54) is 0 Å². The van der Waals surface area contributed by atoms with E-state index >= 15 is 0 Å². The Labute approximate surface area is 117 Å². The van der Waals surface area contributed by atoms with Crippen molar-refractivity contribution in [1.29, 1.82) is 0 Å². The minimum Gasteiger partial charge on any atom is -0.330 e. The first kappa shape index (κ1) is 14.5. The van der Waals surface area contributed by atoms with Crippen LogP contribution in [0.15, 0.2) is 29.1 Å². The second-order valence-electron chi connectivity index (χ2n) is 4.95. The zero-order valence-corrected chi connectivity index (χ0v) is 11.7. The SMILES string of the molecule is Cc1cccc(-n2c(C(N)CCCCN)n[nH]c2=O)c1. The molecule has 108 valence electrons. The summed E-state index contributed by atoms with van der Waals surface area (Å²) in [5.74, 6) is 0.567. The summed E-state index contributed by atoms with van der Waals surface area (Å²) in [5.41, 5.74) is 13.2. The summed E-state index contributed by atoms with van der Waals surface area (Å²) in [4.78, 5) is 12.0. The van der Waals surface area contributed by atoms with Gasteiger partial charge in [-0.15, -0.1) is 0 Å². The van der Waals surface area contributed by atoms with Gasteiger partial charge in [0.1, 0.15) is 0 Å². The number of hydrogen-bond acceptors (Lipinski definition) is 4. The fourth-order valence-electron chi connectivity index (χ4n) is 2.21. The van der Waals surface area contributed by atoms with Crippen molar-refractivity contribution in [3.63, 3.8) is 0 Å². The molecule has 1 heterocycles. The fourth-order valence-corrected chi connectivity index (χ4v) is 2.21. The maximum Gasteiger partial charge on any atom is 0.347 e. The van der Waals surface area contributed by atoms with Gasteiger partial charge >= 0.3 is 5.69 Å². The second-order valence-corrected chi connectivity index (χ2v) is 4.95. The van der Waals surface area contributed by atoms with Gasteiger partial charge in [-0.1, -0.05) is 18.6 Å². The van der Waals surface area contributed by atoms with E-state index in [-0.39, 0.29) is 11.7 Å². The van der Waals surface area contributed by atoms with Crippen molar-refractivity contribution in [3.05, 3.63) is 46.1 Å². The van der Waals surface area contributed by atoms with E-state index in [1.54, 1.807) is 4.57 Å². The van der Waals surface area contributed by atoms with Gasteiger partial charge in [0.2, 0.25) is 0 Å². The zero-order chi connectivity index (χ0) is 14.5. The first-order valence-electron chi connectivity index (χ1n) is 6.83. The summed E-state index contributed by atoms with van der Waals surface area (Å²) >= 11 is 0. The van der Waals surface area contributed by atoms with Gasteiger partial charge in [0.15, 0.2) is 5.82 Å². The van der Waals surface area contributed by atoms with E-state index in [0.717, 1.165) is 30.5 Å². The lowest BCUT2D eigenvalue weighted by atomic mass is 10.1. The largest absolute Gasteiger partial charge is 0.347 e. The molecule has 5 N–H and O–H groups in total. The Bertz CT molecular complexity index is 616. The molecule has 0 aliphatic rings. The van der Waals surface area contributed by atoms with Gasteiger partial charge in [-0.25, -0.2) is 14.5 Å². The molecular formula is C14H21N5O. The highest BCUT2D eigenvalue weighted by Gasteiger charge is 2.17. The summed E-state index contributed by atoms with van der Waals surface area (Å²) in [6.07, 6.45) is 2.60. The summed E-state index contributed by atoms with van der Waals surface area (Å²) in [7, 11) is 0. The average Bonchev–Trinajstić information content (AvgIpc) is 2.81. The number of nitrogens with two attached hydrogens (primary N) is 2. The van der Waals surface area contributed by atoms with Crippen molar-refractivity contribution >= 4 is 0 Å². The van der Waals surface area contributed by atoms with Crippen molar-refractivity contribution in [2.45, 2.75) is 32.2 Å². The highest BCUT2D eigenvalue weighted by Crippen LogP contribution is 2.17. The van der Waals surface area contributed by atoms with Crippen molar-refractivity contribution < 1.29 is 0 Å². The Hall–Kier alpha value is -1.92. The molecule has 1 atom stereocenters. The Morgan fingerprint density at radius 1 is 1.40 bits per heavy atom. The molecule has 1 aromatic heterocycles. The zero-order valence-electron chi connectivity index (χ0n) is 11.7. The number of hydrogen-bond donors (Lipinski definition) is 3. The molecule has 0 saturated carbocycles. The number of aryl methyl sites for hydroxylation is 1. The first-order chi connectivity index (χ1) is 9.63. The van der Waals surface area contributed by atoms with E-state index in [2.05, 4.69) is 10.2 Å². The van der Waals surface area contributed by atoms with Gasteiger partial charge in [-0.05, 0) is 44.0 Å². The Kier molecular flexibility index (Phi) is 4.70. The molecule has 6 heteroatoms. The number of aromatic nitrogens is 3. The van der Waals surface area contributed by atoms with Crippen molar-refractivity contribution in [3.8, 4) is 5.69 Å². The number of aromatic amines is 1. The summed E-state index contributed by atoms with van der Waals surface area (Å²) in [6, 6.07) is 7.43. The number of nitrogens with one attached hydrogen (secondary N) is 1. The van der Waals surface area contributed by atoms with E-state index in [4.69, 9.17) is 11.5 Å². The molecule has 0 amide bonds. The molecule has 0 radical (unpaired) electrons. The van der Waals surface area contributed by atoms with Crippen molar-refractivity contribution in [2.24, 2.45) is 11.5 Å². The molecule has 1 unspecified atom stereocenters. The highest BCUT2D eigenvalue weighted by atomic mass is 16.1. The molecule has 20 heavy (non-hydrogen) atoms. The maximum atomic E-state index is 12.0. The second kappa shape index (κ2) is 6.49. The quantitative estimate of drug-likeness (QED) is 0.684. The van der Waals surface area contributed by atoms with Crippen LogP contribution in [-0.2, 0) is 0 Å². The number of H-pyrrole nitrogens is 1. The first-order valence-corrected chi connectivity index (χ1v) is 6.83. The lowest BCUT2D eigenvalue weighted by Gasteiger charge is -2.12. The van der Waals surface area contributed by atoms with Crippen molar-refractivity contribution in [1.82, 2.24) is 14.8 Å². The minimum absolute atomic E-state index is 0.264. The van der Waals surface area contributed by atoms with E-state index in [0.29, 0.717) is 12.4 Å². The Balaban J connectivity index is 2.30. The molecule has 2 rings (SSSR count). The van der Waals surface area contributed by atoms with Crippen LogP contribution in [0.3, 0.4) is 0 Å². The third kappa shape index (κ3) is 3.15. The van der Waals surface area contributed by atoms with Crippen LogP contribution in [-0.4, -0.2) is 21.3 Å². The highest BCUT2D eigenvalue weighted by molar-refractivity contribution is 5.36. The Morgan fingerprint density at radius 3 is 2.90 bits per heavy atom. The smallest absolute Gasteiger partial charge is 0.330 e. The predicted octanol–water partition coefficient (Wildman–Crippen LogP) is 0.998. The minimum atomic E-state index is -0.277. The third-order valence-corrected chi connectivity index (χ3v) is 3.26. The van der Waals surface area contributed by atoms with Crippen LogP contribution in [0.1, 0.15) is 36.7 Å². The van der Waals surface area contributed by atoms with Crippen LogP contribution in [0.2, 0.25) is 0 Å². The topological polar surface area (TPSA) is 103 Å². The molecule has 0 bridgehead atoms. The third-order valence-electron chi connectivity index (χ3n) is 3.26. The molecule has 0 aliphatic heterocycles. The van der Waals surface area contributed by atoms with Crippen LogP contribution in [0, 0.1) is 6.92 Å². The summed E-state index contributed by atoms with van der Waals surface area (Å²) in [6.45, 7) is 2.63. The molecular weight excluding hydrogens is 254 g/mol. The van der Waals surface area contributed by atoms with Gasteiger partial charge in [-0.3, -0.25) is 0 Å². The van der Waals surface area contributed by atoms with Crippen LogP contribution < -0.4 is 17.2 Å². The molecule has 1 aromatic carbocycles. The number of benzene rings is 1. The summed E-state index contributed by atoms with van der Waals surface area (Å²) < 4.78 is 1.54. The Morgan fingerprint density at radius 2 is 2.20 bits per heavy atom. The number of unbranched alkanes of at least 4 members (excludes halogenated alkanes) is 1. The lowest BCUT2D eigenvalue weighted by Crippen LogP contribution is -2.22. The number of nitrogens with zero attached hydrogens (tertiary/aromatic N) is 2. The monoisotopic (exact) mass is 275 g/mol. The molecule has 2 aromatic rings. The van der Waals surface area contributed by atoms with Crippen LogP contribution in [0.5, 0.6) is 0 Å². The lowest BCUT2D eigenvalue weighted by molar-refractivity contribution is 0.557. The summed E-state index contributed by atoms with van der Waals surface area (Å²) in [5, 5.41) is 6.55. The normalized spacial score (nSPS) is 12.6. The molecule has 6 nitrogen and oxygen atoms in total. The van der Waals surface area contributed by atoms with E-state index in [1.807, 2.05) is 31.2 Å². The van der Waals surface area contributed by atoms with Crippen molar-refractivity contribution in [2.75, 3.05) is 6.54 Å². The van der Waals surface area contributed by atoms with Crippen LogP contribution in [0.25, 0.3) is 5.69 Å². The van der Waals surface area contributed by atoms with Gasteiger partial charge in [-0.2, -0.15) is 5.10 Å². The molecule has 0 saturated heterocycles. The van der Waals surface area contributed by atoms with Gasteiger partial charge in [0.25, 0.3) is 0 Å². The maximum absolute atomic E-state index is 12.0. The molecule has 0 fully saturated rings. The van der Waals surface area contributed by atoms with Gasteiger partial charge < -0.3 is 11.5 Å². The average molecular weight is 275 g/mol.